The molecule has 0 aromatic rings. The summed E-state index contributed by atoms with van der Waals surface area (Å²) in [5, 5.41) is 0. The molecule has 2 rings (SSSR count). The van der Waals surface area contributed by atoms with E-state index in [0.29, 0.717) is 0 Å². The van der Waals surface area contributed by atoms with Crippen molar-refractivity contribution in [3.8, 4) is 0 Å². The predicted octanol–water partition coefficient (Wildman–Crippen LogP) is 0.899. The van der Waals surface area contributed by atoms with Gasteiger partial charge in [0.25, 0.3) is 0 Å². The van der Waals surface area contributed by atoms with E-state index in [0.717, 1.165) is 31.0 Å². The van der Waals surface area contributed by atoms with E-state index in [2.05, 4.69) is 6.92 Å². The molecule has 7 heavy (non-hydrogen) atoms. The highest BCUT2D eigenvalue weighted by Gasteiger charge is 2.50. The van der Waals surface area contributed by atoms with Crippen molar-refractivity contribution in [2.45, 2.75) is 6.92 Å². The second kappa shape index (κ2) is 1.03. The van der Waals surface area contributed by atoms with Gasteiger partial charge in [-0.1, -0.05) is 6.92 Å². The molecule has 0 spiro atoms. The molecule has 1 aliphatic heterocycles. The van der Waals surface area contributed by atoms with Crippen LogP contribution >= 0.6 is 0 Å². The third-order valence-electron chi connectivity index (χ3n) is 2.38. The van der Waals surface area contributed by atoms with Gasteiger partial charge in [-0.2, -0.15) is 0 Å². The third-order valence-corrected chi connectivity index (χ3v) is 2.38. The molecule has 1 aliphatic carbocycles. The maximum absolute atomic E-state index is 5.18. The highest BCUT2D eigenvalue weighted by Crippen LogP contribution is 2.49. The zero-order valence-corrected chi connectivity index (χ0v) is 4.55. The summed E-state index contributed by atoms with van der Waals surface area (Å²) >= 11 is 0. The van der Waals surface area contributed by atoms with Crippen molar-refractivity contribution in [3.05, 3.63) is 0 Å². The Balaban J connectivity index is 2.06. The van der Waals surface area contributed by atoms with Gasteiger partial charge in [-0.15, -0.1) is 0 Å². The molecule has 0 radical (unpaired) electrons. The molecule has 0 aromatic heterocycles. The van der Waals surface area contributed by atoms with E-state index in [4.69, 9.17) is 4.74 Å². The van der Waals surface area contributed by atoms with Crippen molar-refractivity contribution < 1.29 is 4.74 Å². The molecule has 2 unspecified atom stereocenters. The zero-order valence-electron chi connectivity index (χ0n) is 4.55. The Kier molecular flexibility index (Phi) is 0.571. The van der Waals surface area contributed by atoms with Crippen LogP contribution in [0.15, 0.2) is 0 Å². The minimum absolute atomic E-state index is 0.958. The molecule has 1 saturated carbocycles. The molecular formula is C6H10O. The van der Waals surface area contributed by atoms with E-state index >= 15 is 0 Å². The summed E-state index contributed by atoms with van der Waals surface area (Å²) in [6.07, 6.45) is 0. The molecule has 2 fully saturated rings. The number of rotatable bonds is 0. The van der Waals surface area contributed by atoms with Gasteiger partial charge in [0.05, 0.1) is 13.2 Å². The van der Waals surface area contributed by atoms with Crippen LogP contribution in [0.4, 0.5) is 0 Å². The van der Waals surface area contributed by atoms with E-state index < -0.39 is 0 Å². The number of fused-ring (bicyclic) bond motifs is 1. The minimum atomic E-state index is 0.958. The van der Waals surface area contributed by atoms with Crippen molar-refractivity contribution in [1.82, 2.24) is 0 Å². The maximum Gasteiger partial charge on any atom is 0.0500 e. The van der Waals surface area contributed by atoms with Crippen LogP contribution in [0.5, 0.6) is 0 Å². The standard InChI is InChI=1S/C6H10O/c1-4-5-2-7-3-6(4)5/h4-6H,2-3H2,1H3/t4?,5-,6?/m0/s1. The van der Waals surface area contributed by atoms with Gasteiger partial charge in [0.1, 0.15) is 0 Å². The molecular weight excluding hydrogens is 88.1 g/mol. The molecule has 40 valence electrons. The van der Waals surface area contributed by atoms with Gasteiger partial charge in [0, 0.05) is 0 Å². The topological polar surface area (TPSA) is 9.23 Å². The smallest absolute Gasteiger partial charge is 0.0500 e. The second-order valence-corrected chi connectivity index (χ2v) is 2.72. The fourth-order valence-electron chi connectivity index (χ4n) is 1.53. The molecule has 1 saturated heterocycles. The highest BCUT2D eigenvalue weighted by atomic mass is 16.5. The molecule has 1 nitrogen and oxygen atoms in total. The van der Waals surface area contributed by atoms with Gasteiger partial charge in [0.15, 0.2) is 0 Å². The van der Waals surface area contributed by atoms with Crippen LogP contribution in [0.1, 0.15) is 6.92 Å². The van der Waals surface area contributed by atoms with E-state index in [9.17, 15) is 0 Å². The molecule has 0 N–H and O–H groups in total. The largest absolute Gasteiger partial charge is 0.381 e. The Hall–Kier alpha value is -0.0400. The molecule has 0 bridgehead atoms. The summed E-state index contributed by atoms with van der Waals surface area (Å²) in [5.74, 6) is 2.91. The van der Waals surface area contributed by atoms with Crippen LogP contribution in [-0.4, -0.2) is 13.2 Å². The molecule has 3 atom stereocenters. The van der Waals surface area contributed by atoms with Crippen LogP contribution in [0.2, 0.25) is 0 Å². The number of hydrogen-bond donors (Lipinski definition) is 0. The van der Waals surface area contributed by atoms with Crippen LogP contribution in [0.3, 0.4) is 0 Å². The van der Waals surface area contributed by atoms with Crippen LogP contribution in [0.25, 0.3) is 0 Å². The normalized spacial score (nSPS) is 57.0. The minimum Gasteiger partial charge on any atom is -0.381 e. The van der Waals surface area contributed by atoms with Gasteiger partial charge < -0.3 is 4.74 Å². The van der Waals surface area contributed by atoms with E-state index in [1.807, 2.05) is 0 Å². The van der Waals surface area contributed by atoms with Gasteiger partial charge in [0.2, 0.25) is 0 Å². The fraction of sp³-hybridized carbons (Fsp3) is 1.00. The van der Waals surface area contributed by atoms with Crippen LogP contribution < -0.4 is 0 Å². The van der Waals surface area contributed by atoms with E-state index in [1.54, 1.807) is 0 Å². The van der Waals surface area contributed by atoms with Gasteiger partial charge in [-0.05, 0) is 17.8 Å². The first-order valence-corrected chi connectivity index (χ1v) is 2.97. The van der Waals surface area contributed by atoms with E-state index in [1.165, 1.54) is 0 Å². The van der Waals surface area contributed by atoms with Gasteiger partial charge in [-0.3, -0.25) is 0 Å². The van der Waals surface area contributed by atoms with Gasteiger partial charge >= 0.3 is 0 Å². The molecule has 1 heterocycles. The zero-order chi connectivity index (χ0) is 4.85. The Bertz CT molecular complexity index is 80.2. The Labute approximate surface area is 43.7 Å². The van der Waals surface area contributed by atoms with Gasteiger partial charge in [-0.25, -0.2) is 0 Å². The monoisotopic (exact) mass is 98.1 g/mol. The lowest BCUT2D eigenvalue weighted by Crippen LogP contribution is -1.93. The van der Waals surface area contributed by atoms with Crippen molar-refractivity contribution in [2.75, 3.05) is 13.2 Å². The summed E-state index contributed by atoms with van der Waals surface area (Å²) < 4.78 is 5.18. The SMILES string of the molecule is CC1C2COC[C@@H]12. The summed E-state index contributed by atoms with van der Waals surface area (Å²) in [6.45, 7) is 4.41. The number of ether oxygens (including phenoxy) is 1. The average Bonchev–Trinajstić information content (AvgIpc) is 2.26. The number of hydrogen-bond acceptors (Lipinski definition) is 1. The Morgan fingerprint density at radius 3 is 2.14 bits per heavy atom. The summed E-state index contributed by atoms with van der Waals surface area (Å²) in [5.41, 5.74) is 0. The van der Waals surface area contributed by atoms with Crippen molar-refractivity contribution in [3.63, 3.8) is 0 Å². The predicted molar refractivity (Wildman–Crippen MR) is 27.0 cm³/mol. The summed E-state index contributed by atoms with van der Waals surface area (Å²) in [4.78, 5) is 0. The van der Waals surface area contributed by atoms with E-state index in [-0.39, 0.29) is 0 Å². The third kappa shape index (κ3) is 0.367. The average molecular weight is 98.1 g/mol. The van der Waals surface area contributed by atoms with Crippen LogP contribution in [0, 0.1) is 17.8 Å². The molecule has 0 amide bonds. The first-order chi connectivity index (χ1) is 3.39. The van der Waals surface area contributed by atoms with Crippen molar-refractivity contribution >= 4 is 0 Å². The molecule has 0 aromatic carbocycles. The summed E-state index contributed by atoms with van der Waals surface area (Å²) in [7, 11) is 0. The molecule has 1 heteroatoms. The van der Waals surface area contributed by atoms with Crippen LogP contribution in [-0.2, 0) is 4.74 Å². The Morgan fingerprint density at radius 2 is 1.86 bits per heavy atom. The maximum atomic E-state index is 5.18. The lowest BCUT2D eigenvalue weighted by atomic mass is 10.4. The lowest BCUT2D eigenvalue weighted by molar-refractivity contribution is 0.154. The second-order valence-electron chi connectivity index (χ2n) is 2.72. The summed E-state index contributed by atoms with van der Waals surface area (Å²) in [6, 6.07) is 0. The molecule has 2 aliphatic rings. The van der Waals surface area contributed by atoms with Crippen molar-refractivity contribution in [2.24, 2.45) is 17.8 Å². The Morgan fingerprint density at radius 1 is 1.29 bits per heavy atom. The van der Waals surface area contributed by atoms with Crippen molar-refractivity contribution in [1.29, 1.82) is 0 Å². The lowest BCUT2D eigenvalue weighted by Gasteiger charge is -1.93. The highest BCUT2D eigenvalue weighted by molar-refractivity contribution is 4.97. The first kappa shape index (κ1) is 3.90. The quantitative estimate of drug-likeness (QED) is 0.437. The first-order valence-electron chi connectivity index (χ1n) is 2.97. The fourth-order valence-corrected chi connectivity index (χ4v) is 1.53.